The summed E-state index contributed by atoms with van der Waals surface area (Å²) in [5.41, 5.74) is 8.71. The molecule has 0 saturated carbocycles. The number of rotatable bonds is 3. The summed E-state index contributed by atoms with van der Waals surface area (Å²) in [4.78, 5) is 4.02. The van der Waals surface area contributed by atoms with Crippen molar-refractivity contribution in [3.05, 3.63) is 41.9 Å². The molecular weight excluding hydrogens is 288 g/mol. The molecule has 0 spiro atoms. The lowest BCUT2D eigenvalue weighted by Crippen LogP contribution is -2.36. The lowest BCUT2D eigenvalue weighted by atomic mass is 9.99. The third kappa shape index (κ3) is 2.43. The molecule has 1 aliphatic rings. The SMILES string of the molecule is CCn1cnc(S(=O)(=O)N2CCc3c(N)cccc3C2)c1. The normalized spacial score (nSPS) is 15.9. The first-order valence-electron chi connectivity index (χ1n) is 6.90. The quantitative estimate of drug-likeness (QED) is 0.865. The minimum absolute atomic E-state index is 0.108. The van der Waals surface area contributed by atoms with Crippen LogP contribution in [-0.4, -0.2) is 28.8 Å². The second-order valence-electron chi connectivity index (χ2n) is 5.12. The zero-order chi connectivity index (χ0) is 15.0. The van der Waals surface area contributed by atoms with Gasteiger partial charge in [-0.3, -0.25) is 0 Å². The van der Waals surface area contributed by atoms with Crippen molar-refractivity contribution < 1.29 is 8.42 Å². The summed E-state index contributed by atoms with van der Waals surface area (Å²) >= 11 is 0. The van der Waals surface area contributed by atoms with Crippen LogP contribution >= 0.6 is 0 Å². The predicted molar refractivity (Wildman–Crippen MR) is 80.1 cm³/mol. The van der Waals surface area contributed by atoms with Gasteiger partial charge in [0.1, 0.15) is 0 Å². The van der Waals surface area contributed by atoms with Crippen LogP contribution in [0.2, 0.25) is 0 Å². The van der Waals surface area contributed by atoms with Crippen LogP contribution in [0.1, 0.15) is 18.1 Å². The van der Waals surface area contributed by atoms with Crippen molar-refractivity contribution in [3.8, 4) is 0 Å². The Kier molecular flexibility index (Phi) is 3.46. The number of nitrogen functional groups attached to an aromatic ring is 1. The van der Waals surface area contributed by atoms with Gasteiger partial charge < -0.3 is 10.3 Å². The van der Waals surface area contributed by atoms with Crippen molar-refractivity contribution in [2.45, 2.75) is 31.5 Å². The van der Waals surface area contributed by atoms with Gasteiger partial charge in [0.15, 0.2) is 5.03 Å². The van der Waals surface area contributed by atoms with Crippen LogP contribution in [0.25, 0.3) is 0 Å². The average molecular weight is 306 g/mol. The van der Waals surface area contributed by atoms with Gasteiger partial charge in [0, 0.05) is 31.5 Å². The van der Waals surface area contributed by atoms with Crippen LogP contribution in [0.5, 0.6) is 0 Å². The van der Waals surface area contributed by atoms with Gasteiger partial charge >= 0.3 is 0 Å². The first-order valence-corrected chi connectivity index (χ1v) is 8.34. The van der Waals surface area contributed by atoms with Crippen molar-refractivity contribution in [1.82, 2.24) is 13.9 Å². The van der Waals surface area contributed by atoms with E-state index in [9.17, 15) is 8.42 Å². The number of aryl methyl sites for hydroxylation is 1. The zero-order valence-corrected chi connectivity index (χ0v) is 12.7. The smallest absolute Gasteiger partial charge is 0.262 e. The molecule has 1 aromatic heterocycles. The maximum Gasteiger partial charge on any atom is 0.262 e. The first kappa shape index (κ1) is 14.1. The summed E-state index contributed by atoms with van der Waals surface area (Å²) in [5.74, 6) is 0. The number of nitrogens with two attached hydrogens (primary N) is 1. The van der Waals surface area contributed by atoms with Crippen molar-refractivity contribution in [1.29, 1.82) is 0 Å². The van der Waals surface area contributed by atoms with E-state index in [0.29, 0.717) is 26.1 Å². The first-order chi connectivity index (χ1) is 10.0. The number of hydrogen-bond donors (Lipinski definition) is 1. The van der Waals surface area contributed by atoms with Gasteiger partial charge in [-0.1, -0.05) is 12.1 Å². The number of fused-ring (bicyclic) bond motifs is 1. The molecule has 6 nitrogen and oxygen atoms in total. The summed E-state index contributed by atoms with van der Waals surface area (Å²) in [6.07, 6.45) is 3.75. The molecule has 0 amide bonds. The summed E-state index contributed by atoms with van der Waals surface area (Å²) < 4.78 is 28.5. The van der Waals surface area contributed by atoms with Crippen molar-refractivity contribution >= 4 is 15.7 Å². The zero-order valence-electron chi connectivity index (χ0n) is 11.9. The summed E-state index contributed by atoms with van der Waals surface area (Å²) in [7, 11) is -3.55. The molecule has 0 unspecified atom stereocenters. The van der Waals surface area contributed by atoms with Crippen LogP contribution in [-0.2, 0) is 29.5 Å². The highest BCUT2D eigenvalue weighted by atomic mass is 32.2. The standard InChI is InChI=1S/C14H18N4O2S/c1-2-17-9-14(16-10-17)21(19,20)18-7-6-12-11(8-18)4-3-5-13(12)15/h3-5,9-10H,2,6-8,15H2,1H3. The predicted octanol–water partition coefficient (Wildman–Crippen LogP) is 1.23. The minimum Gasteiger partial charge on any atom is -0.398 e. The van der Waals surface area contributed by atoms with Gasteiger partial charge in [0.25, 0.3) is 10.0 Å². The molecular formula is C14H18N4O2S. The highest BCUT2D eigenvalue weighted by Gasteiger charge is 2.30. The molecule has 112 valence electrons. The Morgan fingerprint density at radius 2 is 2.19 bits per heavy atom. The number of sulfonamides is 1. The molecule has 0 aliphatic carbocycles. The third-order valence-corrected chi connectivity index (χ3v) is 5.58. The van der Waals surface area contributed by atoms with E-state index in [-0.39, 0.29) is 5.03 Å². The van der Waals surface area contributed by atoms with Gasteiger partial charge in [-0.15, -0.1) is 0 Å². The van der Waals surface area contributed by atoms with Crippen molar-refractivity contribution in [3.63, 3.8) is 0 Å². The van der Waals surface area contributed by atoms with E-state index in [4.69, 9.17) is 5.73 Å². The maximum atomic E-state index is 12.6. The molecule has 1 aromatic carbocycles. The molecule has 0 bridgehead atoms. The average Bonchev–Trinajstić information content (AvgIpc) is 2.97. The van der Waals surface area contributed by atoms with Crippen LogP contribution in [0.3, 0.4) is 0 Å². The Bertz CT molecular complexity index is 767. The monoisotopic (exact) mass is 306 g/mol. The number of aromatic nitrogens is 2. The highest BCUT2D eigenvalue weighted by molar-refractivity contribution is 7.89. The van der Waals surface area contributed by atoms with Gasteiger partial charge in [0.05, 0.1) is 6.33 Å². The minimum atomic E-state index is -3.55. The van der Waals surface area contributed by atoms with Gasteiger partial charge in [-0.05, 0) is 30.5 Å². The second-order valence-corrected chi connectivity index (χ2v) is 7.00. The fourth-order valence-corrected chi connectivity index (χ4v) is 3.95. The molecule has 0 radical (unpaired) electrons. The van der Waals surface area contributed by atoms with Gasteiger partial charge in [-0.2, -0.15) is 4.31 Å². The number of benzene rings is 1. The fourth-order valence-electron chi connectivity index (χ4n) is 2.60. The van der Waals surface area contributed by atoms with E-state index in [2.05, 4.69) is 4.98 Å². The largest absolute Gasteiger partial charge is 0.398 e. The molecule has 21 heavy (non-hydrogen) atoms. The third-order valence-electron chi connectivity index (χ3n) is 3.85. The fraction of sp³-hybridized carbons (Fsp3) is 0.357. The Hall–Kier alpha value is -1.86. The van der Waals surface area contributed by atoms with Crippen LogP contribution in [0, 0.1) is 0 Å². The molecule has 0 fully saturated rings. The Morgan fingerprint density at radius 1 is 1.38 bits per heavy atom. The number of hydrogen-bond acceptors (Lipinski definition) is 4. The molecule has 2 N–H and O–H groups in total. The number of imidazole rings is 1. The van der Waals surface area contributed by atoms with E-state index >= 15 is 0 Å². The highest BCUT2D eigenvalue weighted by Crippen LogP contribution is 2.27. The van der Waals surface area contributed by atoms with Crippen molar-refractivity contribution in [2.24, 2.45) is 0 Å². The van der Waals surface area contributed by atoms with Gasteiger partial charge in [0.2, 0.25) is 0 Å². The summed E-state index contributed by atoms with van der Waals surface area (Å²) in [5, 5.41) is 0.108. The Labute approximate surface area is 124 Å². The maximum absolute atomic E-state index is 12.6. The van der Waals surface area contributed by atoms with E-state index in [0.717, 1.165) is 16.8 Å². The molecule has 2 heterocycles. The summed E-state index contributed by atoms with van der Waals surface area (Å²) in [6.45, 7) is 3.42. The van der Waals surface area contributed by atoms with E-state index in [1.807, 2.05) is 25.1 Å². The van der Waals surface area contributed by atoms with Crippen LogP contribution in [0.15, 0.2) is 35.7 Å². The van der Waals surface area contributed by atoms with Crippen molar-refractivity contribution in [2.75, 3.05) is 12.3 Å². The molecule has 3 rings (SSSR count). The molecule has 0 atom stereocenters. The van der Waals surface area contributed by atoms with E-state index < -0.39 is 10.0 Å². The van der Waals surface area contributed by atoms with E-state index in [1.54, 1.807) is 17.1 Å². The van der Waals surface area contributed by atoms with E-state index in [1.165, 1.54) is 4.31 Å². The summed E-state index contributed by atoms with van der Waals surface area (Å²) in [6, 6.07) is 5.64. The molecule has 0 saturated heterocycles. The van der Waals surface area contributed by atoms with Crippen LogP contribution in [0.4, 0.5) is 5.69 Å². The van der Waals surface area contributed by atoms with Crippen LogP contribution < -0.4 is 5.73 Å². The lowest BCUT2D eigenvalue weighted by molar-refractivity contribution is 0.390. The Morgan fingerprint density at radius 3 is 2.90 bits per heavy atom. The number of nitrogens with zero attached hydrogens (tertiary/aromatic N) is 3. The molecule has 1 aliphatic heterocycles. The molecule has 2 aromatic rings. The topological polar surface area (TPSA) is 81.2 Å². The molecule has 7 heteroatoms. The number of anilines is 1. The second kappa shape index (κ2) is 5.16. The lowest BCUT2D eigenvalue weighted by Gasteiger charge is -2.28. The Balaban J connectivity index is 1.91. The van der Waals surface area contributed by atoms with Gasteiger partial charge in [-0.25, -0.2) is 13.4 Å².